The van der Waals surface area contributed by atoms with Gasteiger partial charge in [-0.1, -0.05) is 29.3 Å². The Morgan fingerprint density at radius 3 is 2.55 bits per heavy atom. The molecule has 9 heteroatoms. The fourth-order valence-electron chi connectivity index (χ4n) is 1.57. The number of guanidine groups is 1. The van der Waals surface area contributed by atoms with Gasteiger partial charge in [0, 0.05) is 29.7 Å². The molecule has 0 aliphatic rings. The minimum Gasteiger partial charge on any atom is -0.357 e. The van der Waals surface area contributed by atoms with E-state index in [-0.39, 0.29) is 6.54 Å². The molecule has 0 bridgehead atoms. The third kappa shape index (κ3) is 7.84. The van der Waals surface area contributed by atoms with Crippen molar-refractivity contribution in [1.29, 1.82) is 0 Å². The lowest BCUT2D eigenvalue weighted by Crippen LogP contribution is -2.41. The molecule has 6 nitrogen and oxygen atoms in total. The standard InChI is InChI=1S/C13H20Cl2N4O2S/c1-3-16-13(17-6-7-19-22(2,20)21)18-9-10-4-5-11(14)8-12(10)15/h4-5,8,19H,3,6-7,9H2,1-2H3,(H2,16,17,18). The van der Waals surface area contributed by atoms with Crippen LogP contribution in [0.5, 0.6) is 0 Å². The number of benzene rings is 1. The Bertz CT molecular complexity index is 620. The van der Waals surface area contributed by atoms with Crippen LogP contribution in [0.4, 0.5) is 0 Å². The van der Waals surface area contributed by atoms with Crippen molar-refractivity contribution in [3.05, 3.63) is 33.8 Å². The highest BCUT2D eigenvalue weighted by atomic mass is 35.5. The van der Waals surface area contributed by atoms with Crippen molar-refractivity contribution < 1.29 is 8.42 Å². The quantitative estimate of drug-likeness (QED) is 0.388. The third-order valence-corrected chi connectivity index (χ3v) is 3.86. The number of halogens is 2. The molecule has 0 unspecified atom stereocenters. The molecular formula is C13H20Cl2N4O2S. The van der Waals surface area contributed by atoms with E-state index in [1.807, 2.05) is 13.0 Å². The summed E-state index contributed by atoms with van der Waals surface area (Å²) >= 11 is 11.9. The van der Waals surface area contributed by atoms with Gasteiger partial charge in [0.15, 0.2) is 5.96 Å². The van der Waals surface area contributed by atoms with Gasteiger partial charge in [-0.2, -0.15) is 0 Å². The maximum absolute atomic E-state index is 11.0. The average molecular weight is 367 g/mol. The van der Waals surface area contributed by atoms with Gasteiger partial charge in [-0.15, -0.1) is 0 Å². The molecular weight excluding hydrogens is 347 g/mol. The summed E-state index contributed by atoms with van der Waals surface area (Å²) in [5, 5.41) is 7.25. The molecule has 0 aliphatic heterocycles. The molecule has 0 atom stereocenters. The monoisotopic (exact) mass is 366 g/mol. The van der Waals surface area contributed by atoms with Gasteiger partial charge < -0.3 is 10.6 Å². The van der Waals surface area contributed by atoms with Crippen LogP contribution in [-0.4, -0.2) is 40.3 Å². The predicted octanol–water partition coefficient (Wildman–Crippen LogP) is 1.60. The summed E-state index contributed by atoms with van der Waals surface area (Å²) in [6.07, 6.45) is 1.12. The van der Waals surface area contributed by atoms with Crippen molar-refractivity contribution >= 4 is 39.2 Å². The van der Waals surface area contributed by atoms with E-state index in [1.54, 1.807) is 12.1 Å². The summed E-state index contributed by atoms with van der Waals surface area (Å²) in [6, 6.07) is 5.25. The third-order valence-electron chi connectivity index (χ3n) is 2.55. The van der Waals surface area contributed by atoms with Gasteiger partial charge in [-0.05, 0) is 24.6 Å². The molecule has 1 aromatic rings. The van der Waals surface area contributed by atoms with Crippen molar-refractivity contribution in [2.75, 3.05) is 25.9 Å². The largest absolute Gasteiger partial charge is 0.357 e. The molecule has 22 heavy (non-hydrogen) atoms. The predicted molar refractivity (Wildman–Crippen MR) is 92.1 cm³/mol. The first-order chi connectivity index (χ1) is 10.3. The first-order valence-electron chi connectivity index (χ1n) is 6.72. The molecule has 124 valence electrons. The molecule has 0 aliphatic carbocycles. The lowest BCUT2D eigenvalue weighted by atomic mass is 10.2. The van der Waals surface area contributed by atoms with E-state index in [0.29, 0.717) is 35.6 Å². The van der Waals surface area contributed by atoms with Gasteiger partial charge in [0.2, 0.25) is 10.0 Å². The second-order valence-corrected chi connectivity index (χ2v) is 7.20. The van der Waals surface area contributed by atoms with E-state index in [0.717, 1.165) is 11.8 Å². The highest BCUT2D eigenvalue weighted by Crippen LogP contribution is 2.21. The summed E-state index contributed by atoms with van der Waals surface area (Å²) in [7, 11) is -3.18. The van der Waals surface area contributed by atoms with Crippen LogP contribution in [0.3, 0.4) is 0 Å². The number of hydrogen-bond donors (Lipinski definition) is 3. The Morgan fingerprint density at radius 1 is 1.23 bits per heavy atom. The number of hydrogen-bond acceptors (Lipinski definition) is 3. The first kappa shape index (κ1) is 19.0. The van der Waals surface area contributed by atoms with Crippen LogP contribution >= 0.6 is 23.2 Å². The van der Waals surface area contributed by atoms with Crippen LogP contribution in [0, 0.1) is 0 Å². The Hall–Kier alpha value is -1.02. The second-order valence-electron chi connectivity index (χ2n) is 4.52. The summed E-state index contributed by atoms with van der Waals surface area (Å²) in [4.78, 5) is 4.40. The summed E-state index contributed by atoms with van der Waals surface area (Å²) < 4.78 is 24.3. The van der Waals surface area contributed by atoms with Gasteiger partial charge in [0.25, 0.3) is 0 Å². The van der Waals surface area contributed by atoms with E-state index < -0.39 is 10.0 Å². The first-order valence-corrected chi connectivity index (χ1v) is 9.37. The van der Waals surface area contributed by atoms with Crippen LogP contribution in [0.1, 0.15) is 12.5 Å². The van der Waals surface area contributed by atoms with E-state index in [2.05, 4.69) is 20.3 Å². The van der Waals surface area contributed by atoms with Gasteiger partial charge in [0.1, 0.15) is 0 Å². The van der Waals surface area contributed by atoms with Gasteiger partial charge >= 0.3 is 0 Å². The summed E-state index contributed by atoms with van der Waals surface area (Å²) in [5.74, 6) is 0.587. The van der Waals surface area contributed by atoms with Crippen molar-refractivity contribution in [1.82, 2.24) is 15.4 Å². The maximum Gasteiger partial charge on any atom is 0.208 e. The van der Waals surface area contributed by atoms with Crippen molar-refractivity contribution in [2.24, 2.45) is 4.99 Å². The average Bonchev–Trinajstić information content (AvgIpc) is 2.41. The zero-order valence-electron chi connectivity index (χ0n) is 12.5. The van der Waals surface area contributed by atoms with E-state index >= 15 is 0 Å². The minimum absolute atomic E-state index is 0.283. The number of nitrogens with one attached hydrogen (secondary N) is 3. The number of rotatable bonds is 7. The smallest absolute Gasteiger partial charge is 0.208 e. The molecule has 0 radical (unpaired) electrons. The Morgan fingerprint density at radius 2 is 1.95 bits per heavy atom. The van der Waals surface area contributed by atoms with Gasteiger partial charge in [-0.25, -0.2) is 18.1 Å². The molecule has 1 rings (SSSR count). The zero-order chi connectivity index (χ0) is 16.6. The molecule has 0 fully saturated rings. The molecule has 0 spiro atoms. The normalized spacial score (nSPS) is 12.3. The SMILES string of the molecule is CCNC(=NCc1ccc(Cl)cc1Cl)NCCNS(C)(=O)=O. The molecule has 0 amide bonds. The van der Waals surface area contributed by atoms with Gasteiger partial charge in [-0.3, -0.25) is 0 Å². The fraction of sp³-hybridized carbons (Fsp3) is 0.462. The topological polar surface area (TPSA) is 82.6 Å². The second kappa shape index (κ2) is 9.19. The summed E-state index contributed by atoms with van der Waals surface area (Å²) in [5.41, 5.74) is 0.859. The number of nitrogens with zero attached hydrogens (tertiary/aromatic N) is 1. The maximum atomic E-state index is 11.0. The molecule has 0 heterocycles. The molecule has 0 aromatic heterocycles. The highest BCUT2D eigenvalue weighted by Gasteiger charge is 2.03. The Kier molecular flexibility index (Phi) is 7.95. The number of aliphatic imine (C=N–C) groups is 1. The lowest BCUT2D eigenvalue weighted by molar-refractivity contribution is 0.586. The Balaban J connectivity index is 2.58. The molecule has 0 saturated heterocycles. The zero-order valence-corrected chi connectivity index (χ0v) is 14.8. The summed E-state index contributed by atoms with van der Waals surface area (Å²) in [6.45, 7) is 3.74. The van der Waals surface area contributed by atoms with Crippen LogP contribution in [0.2, 0.25) is 10.0 Å². The van der Waals surface area contributed by atoms with Crippen LogP contribution in [0.25, 0.3) is 0 Å². The fourth-order valence-corrected chi connectivity index (χ4v) is 2.51. The van der Waals surface area contributed by atoms with E-state index in [1.165, 1.54) is 0 Å². The van der Waals surface area contributed by atoms with E-state index in [4.69, 9.17) is 23.2 Å². The lowest BCUT2D eigenvalue weighted by Gasteiger charge is -2.11. The molecule has 0 saturated carbocycles. The minimum atomic E-state index is -3.18. The van der Waals surface area contributed by atoms with Crippen LogP contribution in [0.15, 0.2) is 23.2 Å². The molecule has 3 N–H and O–H groups in total. The van der Waals surface area contributed by atoms with Crippen LogP contribution in [-0.2, 0) is 16.6 Å². The van der Waals surface area contributed by atoms with Crippen LogP contribution < -0.4 is 15.4 Å². The van der Waals surface area contributed by atoms with Crippen molar-refractivity contribution in [3.63, 3.8) is 0 Å². The van der Waals surface area contributed by atoms with E-state index in [9.17, 15) is 8.42 Å². The van der Waals surface area contributed by atoms with Crippen molar-refractivity contribution in [3.8, 4) is 0 Å². The highest BCUT2D eigenvalue weighted by molar-refractivity contribution is 7.88. The Labute approximate surface area is 141 Å². The molecule has 1 aromatic carbocycles. The van der Waals surface area contributed by atoms with Crippen molar-refractivity contribution in [2.45, 2.75) is 13.5 Å². The number of sulfonamides is 1. The van der Waals surface area contributed by atoms with Gasteiger partial charge in [0.05, 0.1) is 12.8 Å².